The minimum atomic E-state index is -0.253. The van der Waals surface area contributed by atoms with Crippen molar-refractivity contribution in [3.63, 3.8) is 0 Å². The first-order valence-corrected chi connectivity index (χ1v) is 6.66. The predicted molar refractivity (Wildman–Crippen MR) is 69.1 cm³/mol. The maximum Gasteiger partial charge on any atom is 0.277 e. The zero-order valence-electron chi connectivity index (χ0n) is 10.2. The maximum absolute atomic E-state index is 11.5. The van der Waals surface area contributed by atoms with Gasteiger partial charge in [0.05, 0.1) is 5.69 Å². The Bertz CT molecular complexity index is 410. The van der Waals surface area contributed by atoms with Crippen LogP contribution >= 0.6 is 11.3 Å². The summed E-state index contributed by atoms with van der Waals surface area (Å²) in [4.78, 5) is 18.8. The molecule has 0 saturated carbocycles. The molecule has 1 amide bonds. The lowest BCUT2D eigenvalue weighted by molar-refractivity contribution is 0.0957. The van der Waals surface area contributed by atoms with Crippen LogP contribution in [0.3, 0.4) is 0 Å². The second-order valence-electron chi connectivity index (χ2n) is 4.55. The van der Waals surface area contributed by atoms with E-state index in [1.807, 2.05) is 6.92 Å². The average molecular weight is 254 g/mol. The highest BCUT2D eigenvalue weighted by atomic mass is 32.1. The number of hydrazine groups is 1. The number of aromatic nitrogens is 1. The summed E-state index contributed by atoms with van der Waals surface area (Å²) >= 11 is 1.42. The lowest BCUT2D eigenvalue weighted by Gasteiger charge is -2.29. The number of nitrogens with one attached hydrogen (secondary N) is 1. The quantitative estimate of drug-likeness (QED) is 0.474. The smallest absolute Gasteiger partial charge is 0.277 e. The third kappa shape index (κ3) is 2.58. The number of thiazole rings is 1. The van der Waals surface area contributed by atoms with Crippen LogP contribution in [0.1, 0.15) is 35.1 Å². The first-order chi connectivity index (χ1) is 8.11. The number of hydrogen-bond acceptors (Lipinski definition) is 5. The van der Waals surface area contributed by atoms with E-state index in [-0.39, 0.29) is 5.91 Å². The molecule has 0 spiro atoms. The van der Waals surface area contributed by atoms with Crippen molar-refractivity contribution in [2.75, 3.05) is 18.0 Å². The van der Waals surface area contributed by atoms with Crippen LogP contribution in [0.2, 0.25) is 0 Å². The number of hydrogen-bond donors (Lipinski definition) is 2. The molecule has 2 heterocycles. The molecule has 0 atom stereocenters. The number of rotatable bonds is 2. The number of anilines is 1. The molecule has 0 aliphatic carbocycles. The number of amides is 1. The molecule has 1 aliphatic heterocycles. The minimum absolute atomic E-state index is 0.253. The molecule has 0 aromatic carbocycles. The summed E-state index contributed by atoms with van der Waals surface area (Å²) in [6.07, 6.45) is 2.38. The predicted octanol–water partition coefficient (Wildman–Crippen LogP) is 1.29. The lowest BCUT2D eigenvalue weighted by Crippen LogP contribution is -2.32. The van der Waals surface area contributed by atoms with Crippen LogP contribution in [0, 0.1) is 12.8 Å². The number of carbonyl (C=O) groups is 1. The molecule has 6 heteroatoms. The number of nitrogen functional groups attached to an aromatic ring is 1. The van der Waals surface area contributed by atoms with Gasteiger partial charge in [0, 0.05) is 13.1 Å². The lowest BCUT2D eigenvalue weighted by atomic mass is 10.00. The number of nitrogens with two attached hydrogens (primary N) is 1. The second-order valence-corrected chi connectivity index (χ2v) is 5.53. The SMILES string of the molecule is Cc1nc(N2CCC(C)CC2)sc1C(=O)NN. The Kier molecular flexibility index (Phi) is 3.63. The van der Waals surface area contributed by atoms with Crippen molar-refractivity contribution < 1.29 is 4.79 Å². The normalized spacial score (nSPS) is 17.2. The fraction of sp³-hybridized carbons (Fsp3) is 0.636. The largest absolute Gasteiger partial charge is 0.348 e. The van der Waals surface area contributed by atoms with Gasteiger partial charge < -0.3 is 4.90 Å². The molecule has 0 bridgehead atoms. The van der Waals surface area contributed by atoms with E-state index >= 15 is 0 Å². The Morgan fingerprint density at radius 1 is 1.53 bits per heavy atom. The van der Waals surface area contributed by atoms with Crippen molar-refractivity contribution in [3.05, 3.63) is 10.6 Å². The Morgan fingerprint density at radius 2 is 2.18 bits per heavy atom. The first kappa shape index (κ1) is 12.3. The molecule has 1 aliphatic rings. The molecule has 17 heavy (non-hydrogen) atoms. The molecule has 0 unspecified atom stereocenters. The van der Waals surface area contributed by atoms with E-state index in [2.05, 4.69) is 22.2 Å². The zero-order valence-corrected chi connectivity index (χ0v) is 11.0. The van der Waals surface area contributed by atoms with E-state index in [9.17, 15) is 4.79 Å². The van der Waals surface area contributed by atoms with Gasteiger partial charge in [0.2, 0.25) is 0 Å². The molecule has 94 valence electrons. The highest BCUT2D eigenvalue weighted by molar-refractivity contribution is 7.17. The monoisotopic (exact) mass is 254 g/mol. The minimum Gasteiger partial charge on any atom is -0.348 e. The number of carbonyl (C=O) groups excluding carboxylic acids is 1. The van der Waals surface area contributed by atoms with Gasteiger partial charge in [-0.2, -0.15) is 0 Å². The van der Waals surface area contributed by atoms with Crippen LogP contribution in [-0.2, 0) is 0 Å². The van der Waals surface area contributed by atoms with Gasteiger partial charge in [-0.15, -0.1) is 0 Å². The van der Waals surface area contributed by atoms with Gasteiger partial charge in [0.1, 0.15) is 4.88 Å². The summed E-state index contributed by atoms with van der Waals surface area (Å²) in [5, 5.41) is 0.938. The third-order valence-corrected chi connectivity index (χ3v) is 4.39. The van der Waals surface area contributed by atoms with E-state index in [1.54, 1.807) is 0 Å². The Hall–Kier alpha value is -1.14. The number of aryl methyl sites for hydroxylation is 1. The van der Waals surface area contributed by atoms with Gasteiger partial charge in [0.25, 0.3) is 5.91 Å². The van der Waals surface area contributed by atoms with E-state index in [0.29, 0.717) is 4.88 Å². The maximum atomic E-state index is 11.5. The summed E-state index contributed by atoms with van der Waals surface area (Å²) < 4.78 is 0. The third-order valence-electron chi connectivity index (χ3n) is 3.18. The van der Waals surface area contributed by atoms with Crippen LogP contribution in [-0.4, -0.2) is 24.0 Å². The Labute approximate surface area is 105 Å². The van der Waals surface area contributed by atoms with Crippen LogP contribution in [0.4, 0.5) is 5.13 Å². The second kappa shape index (κ2) is 5.01. The van der Waals surface area contributed by atoms with Crippen molar-refractivity contribution in [2.24, 2.45) is 11.8 Å². The van der Waals surface area contributed by atoms with E-state index in [4.69, 9.17) is 5.84 Å². The van der Waals surface area contributed by atoms with Crippen LogP contribution < -0.4 is 16.2 Å². The van der Waals surface area contributed by atoms with E-state index in [1.165, 1.54) is 24.2 Å². The van der Waals surface area contributed by atoms with Gasteiger partial charge >= 0.3 is 0 Å². The molecule has 1 aromatic heterocycles. The highest BCUT2D eigenvalue weighted by Gasteiger charge is 2.21. The van der Waals surface area contributed by atoms with Crippen molar-refractivity contribution in [1.29, 1.82) is 0 Å². The average Bonchev–Trinajstić information content (AvgIpc) is 2.71. The van der Waals surface area contributed by atoms with Gasteiger partial charge in [-0.1, -0.05) is 18.3 Å². The van der Waals surface area contributed by atoms with Gasteiger partial charge in [-0.25, -0.2) is 10.8 Å². The molecule has 0 radical (unpaired) electrons. The number of nitrogens with zero attached hydrogens (tertiary/aromatic N) is 2. The molecule has 2 rings (SSSR count). The summed E-state index contributed by atoms with van der Waals surface area (Å²) in [5.41, 5.74) is 2.91. The van der Waals surface area contributed by atoms with Crippen molar-refractivity contribution in [1.82, 2.24) is 10.4 Å². The molecular formula is C11H18N4OS. The Morgan fingerprint density at radius 3 is 2.76 bits per heavy atom. The van der Waals surface area contributed by atoms with Crippen molar-refractivity contribution >= 4 is 22.4 Å². The summed E-state index contributed by atoms with van der Waals surface area (Å²) in [5.74, 6) is 5.68. The summed E-state index contributed by atoms with van der Waals surface area (Å²) in [7, 11) is 0. The van der Waals surface area contributed by atoms with Crippen molar-refractivity contribution in [3.8, 4) is 0 Å². The van der Waals surface area contributed by atoms with Crippen LogP contribution in [0.5, 0.6) is 0 Å². The zero-order chi connectivity index (χ0) is 12.4. The fourth-order valence-corrected chi connectivity index (χ4v) is 3.02. The van der Waals surface area contributed by atoms with Gasteiger partial charge in [-0.3, -0.25) is 10.2 Å². The first-order valence-electron chi connectivity index (χ1n) is 5.85. The van der Waals surface area contributed by atoms with E-state index < -0.39 is 0 Å². The van der Waals surface area contributed by atoms with Crippen LogP contribution in [0.15, 0.2) is 0 Å². The van der Waals surface area contributed by atoms with Crippen molar-refractivity contribution in [2.45, 2.75) is 26.7 Å². The van der Waals surface area contributed by atoms with Gasteiger partial charge in [0.15, 0.2) is 5.13 Å². The Balaban J connectivity index is 2.14. The number of piperidine rings is 1. The summed E-state index contributed by atoms with van der Waals surface area (Å²) in [6.45, 7) is 6.17. The molecule has 1 fully saturated rings. The fourth-order valence-electron chi connectivity index (χ4n) is 1.99. The molecule has 1 saturated heterocycles. The van der Waals surface area contributed by atoms with Gasteiger partial charge in [-0.05, 0) is 25.7 Å². The molecule has 3 N–H and O–H groups in total. The molecule has 1 aromatic rings. The summed E-state index contributed by atoms with van der Waals surface area (Å²) in [6, 6.07) is 0. The molecular weight excluding hydrogens is 236 g/mol. The topological polar surface area (TPSA) is 71.2 Å². The highest BCUT2D eigenvalue weighted by Crippen LogP contribution is 2.29. The van der Waals surface area contributed by atoms with E-state index in [0.717, 1.165) is 29.8 Å². The van der Waals surface area contributed by atoms with Crippen LogP contribution in [0.25, 0.3) is 0 Å². The molecule has 5 nitrogen and oxygen atoms in total. The standard InChI is InChI=1S/C11H18N4OS/c1-7-3-5-15(6-4-7)11-13-8(2)9(17-11)10(16)14-12/h7H,3-6,12H2,1-2H3,(H,14,16).